The van der Waals surface area contributed by atoms with Gasteiger partial charge in [0, 0.05) is 16.7 Å². The second kappa shape index (κ2) is 5.51. The van der Waals surface area contributed by atoms with Crippen molar-refractivity contribution in [2.75, 3.05) is 0 Å². The van der Waals surface area contributed by atoms with Crippen LogP contribution in [0.25, 0.3) is 0 Å². The molecule has 2 rings (SSSR count). The van der Waals surface area contributed by atoms with Gasteiger partial charge in [0.1, 0.15) is 0 Å². The quantitative estimate of drug-likeness (QED) is 0.696. The van der Waals surface area contributed by atoms with E-state index in [1.807, 2.05) is 48.5 Å². The Labute approximate surface area is 114 Å². The van der Waals surface area contributed by atoms with Crippen LogP contribution in [0.5, 0.6) is 0 Å². The van der Waals surface area contributed by atoms with Crippen molar-refractivity contribution < 1.29 is 0 Å². The Morgan fingerprint density at radius 2 is 1.00 bits per heavy atom. The summed E-state index contributed by atoms with van der Waals surface area (Å²) in [5.74, 6) is 0. The average Bonchev–Trinajstić information content (AvgIpc) is 2.30. The summed E-state index contributed by atoms with van der Waals surface area (Å²) in [7, 11) is 0. The fourth-order valence-electron chi connectivity index (χ4n) is 1.29. The Morgan fingerprint density at radius 3 is 1.31 bits per heavy atom. The van der Waals surface area contributed by atoms with Gasteiger partial charge in [-0.1, -0.05) is 47.5 Å². The predicted molar refractivity (Wildman–Crippen MR) is 78.0 cm³/mol. The Kier molecular flexibility index (Phi) is 4.27. The van der Waals surface area contributed by atoms with Gasteiger partial charge in [0.15, 0.2) is 0 Å². The molecule has 0 radical (unpaired) electrons. The van der Waals surface area contributed by atoms with Crippen LogP contribution in [0.2, 0.25) is 10.0 Å². The van der Waals surface area contributed by atoms with Gasteiger partial charge in [-0.2, -0.15) is 0 Å². The molecule has 0 aliphatic carbocycles. The van der Waals surface area contributed by atoms with Crippen LogP contribution in [0.3, 0.4) is 0 Å². The van der Waals surface area contributed by atoms with Crippen molar-refractivity contribution in [3.63, 3.8) is 0 Å². The van der Waals surface area contributed by atoms with Gasteiger partial charge in [0.25, 0.3) is 0 Å². The molecule has 0 nitrogen and oxygen atoms in total. The first kappa shape index (κ1) is 12.4. The van der Waals surface area contributed by atoms with Crippen molar-refractivity contribution in [1.82, 2.24) is 0 Å². The highest BCUT2D eigenvalue weighted by molar-refractivity contribution is 9.40. The number of benzene rings is 2. The minimum Gasteiger partial charge on any atom is -0.0843 e. The van der Waals surface area contributed by atoms with E-state index in [-0.39, 0.29) is 0 Å². The first-order valence-electron chi connectivity index (χ1n) is 4.64. The molecule has 0 heterocycles. The van der Waals surface area contributed by atoms with E-state index in [1.54, 1.807) is 0 Å². The molecule has 2 aromatic rings. The van der Waals surface area contributed by atoms with Crippen LogP contribution in [0, 0.1) is 0 Å². The van der Waals surface area contributed by atoms with Crippen LogP contribution >= 0.6 is 45.3 Å². The minimum absolute atomic E-state index is 0.500. The molecule has 82 valence electrons. The molecule has 16 heavy (non-hydrogen) atoms. The normalized spacial score (nSPS) is 10.8. The standard InChI is InChI=1S/C12H8BrCl2P/c13-16(11-5-1-9(14)2-6-11)12-7-3-10(15)4-8-12/h1-8H. The number of halogens is 3. The summed E-state index contributed by atoms with van der Waals surface area (Å²) >= 11 is 15.4. The van der Waals surface area contributed by atoms with E-state index in [4.69, 9.17) is 23.2 Å². The van der Waals surface area contributed by atoms with Gasteiger partial charge in [0.05, 0.1) is 0 Å². The molecule has 0 amide bonds. The molecule has 0 spiro atoms. The van der Waals surface area contributed by atoms with Gasteiger partial charge < -0.3 is 0 Å². The summed E-state index contributed by atoms with van der Waals surface area (Å²) in [6.45, 7) is -0.500. The number of hydrogen-bond acceptors (Lipinski definition) is 0. The molecule has 0 unspecified atom stereocenters. The number of rotatable bonds is 2. The Balaban J connectivity index is 2.28. The summed E-state index contributed by atoms with van der Waals surface area (Å²) in [4.78, 5) is 0. The second-order valence-electron chi connectivity index (χ2n) is 3.23. The van der Waals surface area contributed by atoms with E-state index in [1.165, 1.54) is 10.6 Å². The smallest absolute Gasteiger partial charge is 0.0406 e. The van der Waals surface area contributed by atoms with Crippen molar-refractivity contribution in [3.05, 3.63) is 58.6 Å². The van der Waals surface area contributed by atoms with Gasteiger partial charge in [-0.05, 0) is 50.4 Å². The van der Waals surface area contributed by atoms with E-state index >= 15 is 0 Å². The second-order valence-corrected chi connectivity index (χ2v) is 7.83. The van der Waals surface area contributed by atoms with Crippen molar-refractivity contribution >= 4 is 55.9 Å². The third kappa shape index (κ3) is 2.99. The van der Waals surface area contributed by atoms with Crippen LogP contribution < -0.4 is 10.6 Å². The van der Waals surface area contributed by atoms with E-state index < -0.39 is 6.62 Å². The fourth-order valence-corrected chi connectivity index (χ4v) is 4.08. The summed E-state index contributed by atoms with van der Waals surface area (Å²) < 4.78 is 0. The van der Waals surface area contributed by atoms with Crippen LogP contribution in [0.4, 0.5) is 0 Å². The molecular weight excluding hydrogens is 326 g/mol. The van der Waals surface area contributed by atoms with E-state index in [2.05, 4.69) is 15.5 Å². The minimum atomic E-state index is -0.500. The third-order valence-electron chi connectivity index (χ3n) is 2.11. The molecule has 2 aromatic carbocycles. The van der Waals surface area contributed by atoms with Gasteiger partial charge in [0.2, 0.25) is 0 Å². The Bertz CT molecular complexity index is 422. The first-order valence-corrected chi connectivity index (χ1v) is 8.75. The lowest BCUT2D eigenvalue weighted by Gasteiger charge is -2.10. The molecule has 0 saturated carbocycles. The molecule has 0 atom stereocenters. The van der Waals surface area contributed by atoms with Crippen molar-refractivity contribution in [2.45, 2.75) is 0 Å². The average molecular weight is 334 g/mol. The SMILES string of the molecule is Clc1ccc(P(Br)c2ccc(Cl)cc2)cc1. The van der Waals surface area contributed by atoms with Gasteiger partial charge in [-0.3, -0.25) is 0 Å². The lowest BCUT2D eigenvalue weighted by Crippen LogP contribution is -2.06. The van der Waals surface area contributed by atoms with Gasteiger partial charge in [-0.15, -0.1) is 0 Å². The first-order chi connectivity index (χ1) is 7.66. The van der Waals surface area contributed by atoms with E-state index in [0.29, 0.717) is 0 Å². The molecule has 0 N–H and O–H groups in total. The van der Waals surface area contributed by atoms with Crippen molar-refractivity contribution in [3.8, 4) is 0 Å². The lowest BCUT2D eigenvalue weighted by atomic mass is 10.4. The highest BCUT2D eigenvalue weighted by Crippen LogP contribution is 2.41. The maximum atomic E-state index is 5.86. The van der Waals surface area contributed by atoms with Crippen LogP contribution in [-0.4, -0.2) is 0 Å². The van der Waals surface area contributed by atoms with Gasteiger partial charge >= 0.3 is 0 Å². The molecule has 0 saturated heterocycles. The predicted octanol–water partition coefficient (Wildman–Crippen LogP) is 4.74. The van der Waals surface area contributed by atoms with Crippen LogP contribution in [-0.2, 0) is 0 Å². The van der Waals surface area contributed by atoms with Crippen molar-refractivity contribution in [1.29, 1.82) is 0 Å². The van der Waals surface area contributed by atoms with Crippen LogP contribution in [0.1, 0.15) is 0 Å². The van der Waals surface area contributed by atoms with Gasteiger partial charge in [-0.25, -0.2) is 0 Å². The number of hydrogen-bond donors (Lipinski definition) is 0. The van der Waals surface area contributed by atoms with E-state index in [9.17, 15) is 0 Å². The molecule has 0 bridgehead atoms. The molecular formula is C12H8BrCl2P. The Hall–Kier alpha value is -0.0700. The fraction of sp³-hybridized carbons (Fsp3) is 0. The topological polar surface area (TPSA) is 0 Å². The maximum absolute atomic E-state index is 5.86. The summed E-state index contributed by atoms with van der Waals surface area (Å²) in [6, 6.07) is 15.8. The molecule has 0 aliphatic heterocycles. The maximum Gasteiger partial charge on any atom is 0.0406 e. The molecule has 0 aromatic heterocycles. The molecule has 0 fully saturated rings. The highest BCUT2D eigenvalue weighted by atomic mass is 79.9. The largest absolute Gasteiger partial charge is 0.0843 e. The zero-order valence-electron chi connectivity index (χ0n) is 8.20. The lowest BCUT2D eigenvalue weighted by molar-refractivity contribution is 1.75. The third-order valence-corrected chi connectivity index (χ3v) is 6.57. The summed E-state index contributed by atoms with van der Waals surface area (Å²) in [6.07, 6.45) is 0. The Morgan fingerprint density at radius 1 is 0.688 bits per heavy atom. The summed E-state index contributed by atoms with van der Waals surface area (Å²) in [5.41, 5.74) is 0. The van der Waals surface area contributed by atoms with Crippen LogP contribution in [0.15, 0.2) is 48.5 Å². The molecule has 4 heteroatoms. The summed E-state index contributed by atoms with van der Waals surface area (Å²) in [5, 5.41) is 4.00. The molecule has 0 aliphatic rings. The zero-order chi connectivity index (χ0) is 11.5. The monoisotopic (exact) mass is 332 g/mol. The van der Waals surface area contributed by atoms with E-state index in [0.717, 1.165) is 10.0 Å². The highest BCUT2D eigenvalue weighted by Gasteiger charge is 2.09. The zero-order valence-corrected chi connectivity index (χ0v) is 12.2. The van der Waals surface area contributed by atoms with Crippen molar-refractivity contribution in [2.24, 2.45) is 0 Å².